The third kappa shape index (κ3) is 3.46. The van der Waals surface area contributed by atoms with Crippen LogP contribution in [0.1, 0.15) is 47.7 Å². The maximum Gasteiger partial charge on any atom is 0.272 e. The van der Waals surface area contributed by atoms with E-state index in [9.17, 15) is 4.79 Å². The third-order valence-corrected chi connectivity index (χ3v) is 5.36. The van der Waals surface area contributed by atoms with Crippen LogP contribution in [0.5, 0.6) is 0 Å². The Morgan fingerprint density at radius 2 is 2.12 bits per heavy atom. The Morgan fingerprint density at radius 3 is 2.88 bits per heavy atom. The fourth-order valence-corrected chi connectivity index (χ4v) is 3.98. The number of likely N-dealkylation sites (tertiary alicyclic amines) is 1. The second kappa shape index (κ2) is 7.00. The van der Waals surface area contributed by atoms with Gasteiger partial charge in [-0.3, -0.25) is 9.48 Å². The summed E-state index contributed by atoms with van der Waals surface area (Å²) >= 11 is 0. The first kappa shape index (κ1) is 16.3. The largest absolute Gasteiger partial charge is 0.338 e. The molecule has 1 saturated heterocycles. The quantitative estimate of drug-likeness (QED) is 0.924. The number of H-pyrrole nitrogens is 1. The molecule has 0 spiro atoms. The molecule has 1 atom stereocenters. The van der Waals surface area contributed by atoms with Crippen LogP contribution in [-0.2, 0) is 13.1 Å². The zero-order valence-electron chi connectivity index (χ0n) is 14.8. The highest BCUT2D eigenvalue weighted by atomic mass is 16.2. The molecule has 4 rings (SSSR count). The molecule has 25 heavy (non-hydrogen) atoms. The minimum absolute atomic E-state index is 0.0391. The van der Waals surface area contributed by atoms with E-state index in [2.05, 4.69) is 20.0 Å². The average molecular weight is 342 g/mol. The molecule has 134 valence electrons. The summed E-state index contributed by atoms with van der Waals surface area (Å²) in [5, 5.41) is 4.41. The molecule has 1 amide bonds. The molecule has 4 heterocycles. The summed E-state index contributed by atoms with van der Waals surface area (Å²) < 4.78 is 2.04. The molecule has 0 aromatic carbocycles. The van der Waals surface area contributed by atoms with Gasteiger partial charge in [-0.1, -0.05) is 6.42 Å². The second-order valence-corrected chi connectivity index (χ2v) is 7.16. The van der Waals surface area contributed by atoms with Crippen LogP contribution in [0, 0.1) is 6.92 Å². The number of rotatable bonds is 3. The number of aromatic nitrogens is 4. The minimum Gasteiger partial charge on any atom is -0.338 e. The molecule has 0 radical (unpaired) electrons. The molecule has 2 aliphatic heterocycles. The van der Waals surface area contributed by atoms with Gasteiger partial charge in [0.1, 0.15) is 11.5 Å². The topological polar surface area (TPSA) is 70.1 Å². The number of piperidine rings is 1. The van der Waals surface area contributed by atoms with Gasteiger partial charge < -0.3 is 14.8 Å². The molecule has 2 aromatic rings. The summed E-state index contributed by atoms with van der Waals surface area (Å²) in [5.41, 5.74) is 1.68. The third-order valence-electron chi connectivity index (χ3n) is 5.36. The van der Waals surface area contributed by atoms with Gasteiger partial charge in [-0.2, -0.15) is 5.10 Å². The van der Waals surface area contributed by atoms with Gasteiger partial charge in [0.2, 0.25) is 0 Å². The molecule has 2 aromatic heterocycles. The van der Waals surface area contributed by atoms with Crippen molar-refractivity contribution in [2.45, 2.75) is 51.7 Å². The number of carbonyl (C=O) groups is 1. The van der Waals surface area contributed by atoms with Gasteiger partial charge in [0.25, 0.3) is 5.91 Å². The number of carbonyl (C=O) groups excluding carboxylic acids is 1. The second-order valence-electron chi connectivity index (χ2n) is 7.16. The SMILES string of the molecule is Cc1ncc(C(=O)N2Cc3ccnn3CCC2CN2CCCCC2)[nH]1. The zero-order valence-corrected chi connectivity index (χ0v) is 14.8. The lowest BCUT2D eigenvalue weighted by Crippen LogP contribution is -2.47. The summed E-state index contributed by atoms with van der Waals surface area (Å²) in [6.45, 7) is 6.59. The van der Waals surface area contributed by atoms with Crippen LogP contribution < -0.4 is 0 Å². The Hall–Kier alpha value is -2.15. The van der Waals surface area contributed by atoms with Crippen molar-refractivity contribution in [3.63, 3.8) is 0 Å². The number of imidazole rings is 1. The van der Waals surface area contributed by atoms with E-state index in [1.165, 1.54) is 19.3 Å². The van der Waals surface area contributed by atoms with Crippen molar-refractivity contribution >= 4 is 5.91 Å². The van der Waals surface area contributed by atoms with Gasteiger partial charge in [0.05, 0.1) is 18.4 Å². The van der Waals surface area contributed by atoms with Crippen molar-refractivity contribution in [3.05, 3.63) is 35.7 Å². The van der Waals surface area contributed by atoms with Gasteiger partial charge in [-0.25, -0.2) is 4.98 Å². The first-order valence-electron chi connectivity index (χ1n) is 9.26. The normalized spacial score (nSPS) is 21.8. The highest BCUT2D eigenvalue weighted by Gasteiger charge is 2.31. The predicted molar refractivity (Wildman–Crippen MR) is 94.1 cm³/mol. The molecular weight excluding hydrogens is 316 g/mol. The van der Waals surface area contributed by atoms with Crippen molar-refractivity contribution in [2.75, 3.05) is 19.6 Å². The Kier molecular flexibility index (Phi) is 4.57. The first-order valence-corrected chi connectivity index (χ1v) is 9.26. The van der Waals surface area contributed by atoms with Crippen molar-refractivity contribution < 1.29 is 4.79 Å². The van der Waals surface area contributed by atoms with Crippen molar-refractivity contribution in [1.29, 1.82) is 0 Å². The zero-order chi connectivity index (χ0) is 17.2. The summed E-state index contributed by atoms with van der Waals surface area (Å²) in [6, 6.07) is 2.22. The van der Waals surface area contributed by atoms with Crippen molar-refractivity contribution in [2.24, 2.45) is 0 Å². The van der Waals surface area contributed by atoms with E-state index >= 15 is 0 Å². The number of hydrogen-bond donors (Lipinski definition) is 1. The molecular formula is C18H26N6O. The van der Waals surface area contributed by atoms with Gasteiger partial charge in [-0.05, 0) is 45.3 Å². The number of nitrogens with zero attached hydrogens (tertiary/aromatic N) is 5. The number of nitrogens with one attached hydrogen (secondary N) is 1. The highest BCUT2D eigenvalue weighted by Crippen LogP contribution is 2.21. The van der Waals surface area contributed by atoms with E-state index in [0.29, 0.717) is 12.2 Å². The van der Waals surface area contributed by atoms with Crippen LogP contribution in [0.25, 0.3) is 0 Å². The Morgan fingerprint density at radius 1 is 1.28 bits per heavy atom. The number of fused-ring (bicyclic) bond motifs is 1. The van der Waals surface area contributed by atoms with E-state index < -0.39 is 0 Å². The van der Waals surface area contributed by atoms with Crippen molar-refractivity contribution in [1.82, 2.24) is 29.5 Å². The maximum atomic E-state index is 13.2. The van der Waals surface area contributed by atoms with Crippen LogP contribution in [-0.4, -0.2) is 61.1 Å². The summed E-state index contributed by atoms with van der Waals surface area (Å²) in [6.07, 6.45) is 8.27. The monoisotopic (exact) mass is 342 g/mol. The average Bonchev–Trinajstić information content (AvgIpc) is 3.22. The van der Waals surface area contributed by atoms with E-state index in [1.54, 1.807) is 6.20 Å². The number of amides is 1. The van der Waals surface area contributed by atoms with E-state index in [4.69, 9.17) is 0 Å². The Balaban J connectivity index is 1.58. The van der Waals surface area contributed by atoms with E-state index in [1.807, 2.05) is 28.8 Å². The fourth-order valence-electron chi connectivity index (χ4n) is 3.98. The molecule has 7 heteroatoms. The molecule has 1 N–H and O–H groups in total. The van der Waals surface area contributed by atoms with Crippen LogP contribution in [0.2, 0.25) is 0 Å². The molecule has 2 aliphatic rings. The van der Waals surface area contributed by atoms with Crippen LogP contribution in [0.4, 0.5) is 0 Å². The Bertz CT molecular complexity index is 730. The summed E-state index contributed by atoms with van der Waals surface area (Å²) in [7, 11) is 0. The lowest BCUT2D eigenvalue weighted by Gasteiger charge is -2.35. The summed E-state index contributed by atoms with van der Waals surface area (Å²) in [4.78, 5) is 25.0. The summed E-state index contributed by atoms with van der Waals surface area (Å²) in [5.74, 6) is 0.813. The predicted octanol–water partition coefficient (Wildman–Crippen LogP) is 1.82. The van der Waals surface area contributed by atoms with Crippen LogP contribution >= 0.6 is 0 Å². The van der Waals surface area contributed by atoms with Crippen molar-refractivity contribution in [3.8, 4) is 0 Å². The smallest absolute Gasteiger partial charge is 0.272 e. The van der Waals surface area contributed by atoms with Crippen LogP contribution in [0.15, 0.2) is 18.5 Å². The number of hydrogen-bond acceptors (Lipinski definition) is 4. The first-order chi connectivity index (χ1) is 12.2. The molecule has 0 bridgehead atoms. The molecule has 1 fully saturated rings. The lowest BCUT2D eigenvalue weighted by molar-refractivity contribution is 0.0583. The minimum atomic E-state index is 0.0391. The fraction of sp³-hybridized carbons (Fsp3) is 0.611. The number of aryl methyl sites for hydroxylation is 2. The van der Waals surface area contributed by atoms with E-state index in [0.717, 1.165) is 44.1 Å². The maximum absolute atomic E-state index is 13.2. The molecule has 0 aliphatic carbocycles. The lowest BCUT2D eigenvalue weighted by atomic mass is 10.1. The standard InChI is InChI=1S/C18H26N6O/c1-14-19-11-17(21-14)18(25)23-13-16-5-7-20-24(16)10-6-15(23)12-22-8-3-2-4-9-22/h5,7,11,15H,2-4,6,8-10,12-13H2,1H3,(H,19,21). The van der Waals surface area contributed by atoms with Gasteiger partial charge in [-0.15, -0.1) is 0 Å². The number of aromatic amines is 1. The van der Waals surface area contributed by atoms with Gasteiger partial charge in [0, 0.05) is 25.3 Å². The van der Waals surface area contributed by atoms with Gasteiger partial charge >= 0.3 is 0 Å². The Labute approximate surface area is 148 Å². The highest BCUT2D eigenvalue weighted by molar-refractivity contribution is 5.92. The van der Waals surface area contributed by atoms with E-state index in [-0.39, 0.29) is 11.9 Å². The van der Waals surface area contributed by atoms with Gasteiger partial charge in [0.15, 0.2) is 0 Å². The molecule has 0 saturated carbocycles. The van der Waals surface area contributed by atoms with Crippen LogP contribution in [0.3, 0.4) is 0 Å². The molecule has 1 unspecified atom stereocenters. The molecule has 7 nitrogen and oxygen atoms in total.